The molecule has 0 radical (unpaired) electrons. The fraction of sp³-hybridized carbons (Fsp3) is 0.824. The Balaban J connectivity index is 2.18. The fourth-order valence-electron chi connectivity index (χ4n) is 2.60. The van der Waals surface area contributed by atoms with Crippen LogP contribution in [0.2, 0.25) is 0 Å². The summed E-state index contributed by atoms with van der Waals surface area (Å²) in [6.45, 7) is 0. The van der Waals surface area contributed by atoms with Crippen LogP contribution in [0, 0.1) is 0 Å². The minimum atomic E-state index is 0.479. The van der Waals surface area contributed by atoms with Crippen LogP contribution in [-0.2, 0) is 4.79 Å². The molecule has 0 bridgehead atoms. The molecule has 0 heterocycles. The Morgan fingerprint density at radius 1 is 0.556 bits per heavy atom. The van der Waals surface area contributed by atoms with Crippen molar-refractivity contribution in [3.8, 4) is 0 Å². The summed E-state index contributed by atoms with van der Waals surface area (Å²) in [7, 11) is 0. The third kappa shape index (κ3) is 9.44. The number of rotatable bonds is 0. The summed E-state index contributed by atoms with van der Waals surface area (Å²) in [5, 5.41) is 0. The molecule has 1 rings (SSSR count). The molecule has 0 saturated carbocycles. The van der Waals surface area contributed by atoms with E-state index in [9.17, 15) is 4.79 Å². The van der Waals surface area contributed by atoms with Crippen LogP contribution in [0.5, 0.6) is 0 Å². The Morgan fingerprint density at radius 2 is 1.00 bits per heavy atom. The van der Waals surface area contributed by atoms with Crippen molar-refractivity contribution in [3.05, 3.63) is 12.2 Å². The van der Waals surface area contributed by atoms with E-state index in [4.69, 9.17) is 0 Å². The maximum Gasteiger partial charge on any atom is 0.132 e. The lowest BCUT2D eigenvalue weighted by atomic mass is 10.0. The molecular formula is C17H30O. The van der Waals surface area contributed by atoms with Gasteiger partial charge in [0, 0.05) is 12.8 Å². The zero-order chi connectivity index (χ0) is 12.9. The molecule has 1 nitrogen and oxygen atoms in total. The predicted octanol–water partition coefficient (Wildman–Crippen LogP) is 5.59. The molecule has 1 aliphatic carbocycles. The van der Waals surface area contributed by atoms with E-state index in [2.05, 4.69) is 12.2 Å². The van der Waals surface area contributed by atoms with Crippen molar-refractivity contribution in [2.75, 3.05) is 0 Å². The second-order valence-corrected chi connectivity index (χ2v) is 5.62. The molecule has 0 fully saturated rings. The van der Waals surface area contributed by atoms with E-state index in [-0.39, 0.29) is 0 Å². The average Bonchev–Trinajstić information content (AvgIpc) is 2.37. The maximum absolute atomic E-state index is 11.6. The van der Waals surface area contributed by atoms with Crippen LogP contribution in [-0.4, -0.2) is 5.78 Å². The molecule has 0 aromatic heterocycles. The van der Waals surface area contributed by atoms with Gasteiger partial charge >= 0.3 is 0 Å². The number of hydrogen-bond acceptors (Lipinski definition) is 1. The third-order valence-corrected chi connectivity index (χ3v) is 3.82. The standard InChI is InChI=1S/C17H30O/c18-17-15-13-11-9-7-5-3-1-2-4-6-8-10-12-14-16-17/h7,9H,1-6,8,10-16H2/b9-7+. The van der Waals surface area contributed by atoms with E-state index in [0.717, 1.165) is 32.1 Å². The fourth-order valence-corrected chi connectivity index (χ4v) is 2.60. The highest BCUT2D eigenvalue weighted by Gasteiger charge is 2.01. The first-order valence-corrected chi connectivity index (χ1v) is 8.06. The van der Waals surface area contributed by atoms with Crippen LogP contribution < -0.4 is 0 Å². The number of hydrogen-bond donors (Lipinski definition) is 0. The average molecular weight is 250 g/mol. The largest absolute Gasteiger partial charge is 0.300 e. The molecule has 0 saturated heterocycles. The molecule has 0 atom stereocenters. The Kier molecular flexibility index (Phi) is 9.88. The quantitative estimate of drug-likeness (QED) is 0.512. The first-order valence-electron chi connectivity index (χ1n) is 8.06. The van der Waals surface area contributed by atoms with E-state index in [1.165, 1.54) is 57.8 Å². The zero-order valence-electron chi connectivity index (χ0n) is 12.0. The molecule has 18 heavy (non-hydrogen) atoms. The van der Waals surface area contributed by atoms with Gasteiger partial charge in [0.1, 0.15) is 5.78 Å². The SMILES string of the molecule is O=C1CCC/C=C/CCCCCCCCCCC1. The molecule has 0 aromatic rings. The molecule has 0 N–H and O–H groups in total. The van der Waals surface area contributed by atoms with Crippen LogP contribution in [0.15, 0.2) is 12.2 Å². The summed E-state index contributed by atoms with van der Waals surface area (Å²) in [4.78, 5) is 11.6. The molecule has 0 spiro atoms. The Morgan fingerprint density at radius 3 is 1.67 bits per heavy atom. The van der Waals surface area contributed by atoms with Crippen LogP contribution in [0.3, 0.4) is 0 Å². The lowest BCUT2D eigenvalue weighted by Gasteiger charge is -2.02. The Labute approximate surface area is 113 Å². The first kappa shape index (κ1) is 15.5. The molecule has 0 aliphatic heterocycles. The molecule has 0 unspecified atom stereocenters. The normalized spacial score (nSPS) is 24.3. The van der Waals surface area contributed by atoms with Crippen molar-refractivity contribution < 1.29 is 4.79 Å². The minimum Gasteiger partial charge on any atom is -0.300 e. The third-order valence-electron chi connectivity index (χ3n) is 3.82. The van der Waals surface area contributed by atoms with Crippen molar-refractivity contribution in [2.24, 2.45) is 0 Å². The zero-order valence-corrected chi connectivity index (χ0v) is 12.0. The van der Waals surface area contributed by atoms with Crippen molar-refractivity contribution in [1.29, 1.82) is 0 Å². The minimum absolute atomic E-state index is 0.479. The van der Waals surface area contributed by atoms with Gasteiger partial charge < -0.3 is 0 Å². The number of ketones is 1. The lowest BCUT2D eigenvalue weighted by molar-refractivity contribution is -0.119. The molecule has 0 aromatic carbocycles. The summed E-state index contributed by atoms with van der Waals surface area (Å²) in [6, 6.07) is 0. The molecule has 104 valence electrons. The van der Waals surface area contributed by atoms with Gasteiger partial charge in [0.15, 0.2) is 0 Å². The van der Waals surface area contributed by atoms with Crippen LogP contribution in [0.25, 0.3) is 0 Å². The number of allylic oxidation sites excluding steroid dienone is 2. The lowest BCUT2D eigenvalue weighted by Crippen LogP contribution is -1.97. The van der Waals surface area contributed by atoms with Crippen LogP contribution >= 0.6 is 0 Å². The monoisotopic (exact) mass is 250 g/mol. The van der Waals surface area contributed by atoms with Gasteiger partial charge in [-0.2, -0.15) is 0 Å². The van der Waals surface area contributed by atoms with E-state index in [1.807, 2.05) is 0 Å². The Hall–Kier alpha value is -0.590. The van der Waals surface area contributed by atoms with Crippen molar-refractivity contribution >= 4 is 5.78 Å². The van der Waals surface area contributed by atoms with Gasteiger partial charge in [0.25, 0.3) is 0 Å². The predicted molar refractivity (Wildman–Crippen MR) is 78.8 cm³/mol. The number of Topliss-reactive ketones (excluding diaryl/α,β-unsaturated/α-hetero) is 1. The van der Waals surface area contributed by atoms with E-state index in [1.54, 1.807) is 0 Å². The smallest absolute Gasteiger partial charge is 0.132 e. The van der Waals surface area contributed by atoms with Gasteiger partial charge in [0.2, 0.25) is 0 Å². The van der Waals surface area contributed by atoms with Gasteiger partial charge in [-0.3, -0.25) is 4.79 Å². The van der Waals surface area contributed by atoms with Crippen LogP contribution in [0.4, 0.5) is 0 Å². The first-order chi connectivity index (χ1) is 8.89. The summed E-state index contributed by atoms with van der Waals surface area (Å²) in [5.74, 6) is 0.479. The van der Waals surface area contributed by atoms with Gasteiger partial charge in [-0.1, -0.05) is 57.1 Å². The molecule has 1 heteroatoms. The molecule has 1 aliphatic rings. The van der Waals surface area contributed by atoms with Gasteiger partial charge in [-0.25, -0.2) is 0 Å². The number of carbonyl (C=O) groups is 1. The highest BCUT2D eigenvalue weighted by molar-refractivity contribution is 5.78. The molecule has 0 amide bonds. The van der Waals surface area contributed by atoms with E-state index < -0.39 is 0 Å². The maximum atomic E-state index is 11.6. The second kappa shape index (κ2) is 11.5. The van der Waals surface area contributed by atoms with Crippen molar-refractivity contribution in [3.63, 3.8) is 0 Å². The number of carbonyl (C=O) groups excluding carboxylic acids is 1. The van der Waals surface area contributed by atoms with Gasteiger partial charge in [0.05, 0.1) is 0 Å². The summed E-state index contributed by atoms with van der Waals surface area (Å²) < 4.78 is 0. The van der Waals surface area contributed by atoms with E-state index in [0.29, 0.717) is 5.78 Å². The van der Waals surface area contributed by atoms with Crippen molar-refractivity contribution in [1.82, 2.24) is 0 Å². The molecular weight excluding hydrogens is 220 g/mol. The summed E-state index contributed by atoms with van der Waals surface area (Å²) >= 11 is 0. The van der Waals surface area contributed by atoms with Gasteiger partial charge in [-0.05, 0) is 32.1 Å². The summed E-state index contributed by atoms with van der Waals surface area (Å²) in [5.41, 5.74) is 0. The van der Waals surface area contributed by atoms with Crippen LogP contribution in [0.1, 0.15) is 89.9 Å². The summed E-state index contributed by atoms with van der Waals surface area (Å²) in [6.07, 6.45) is 21.6. The highest BCUT2D eigenvalue weighted by atomic mass is 16.1. The van der Waals surface area contributed by atoms with Crippen molar-refractivity contribution in [2.45, 2.75) is 89.9 Å². The Bertz CT molecular complexity index is 230. The van der Waals surface area contributed by atoms with E-state index >= 15 is 0 Å². The highest BCUT2D eigenvalue weighted by Crippen LogP contribution is 2.13. The second-order valence-electron chi connectivity index (χ2n) is 5.62. The topological polar surface area (TPSA) is 17.1 Å². The van der Waals surface area contributed by atoms with Gasteiger partial charge in [-0.15, -0.1) is 0 Å².